The fourth-order valence-corrected chi connectivity index (χ4v) is 7.80. The van der Waals surface area contributed by atoms with Crippen molar-refractivity contribution in [3.8, 4) is 5.75 Å². The first-order valence-electron chi connectivity index (χ1n) is 9.40. The van der Waals surface area contributed by atoms with Crippen LogP contribution in [0.4, 0.5) is 0 Å². The molecule has 2 fully saturated rings. The van der Waals surface area contributed by atoms with E-state index in [9.17, 15) is 8.42 Å². The van der Waals surface area contributed by atoms with Crippen LogP contribution >= 0.6 is 11.9 Å². The Morgan fingerprint density at radius 1 is 1.22 bits per heavy atom. The highest BCUT2D eigenvalue weighted by atomic mass is 32.2. The van der Waals surface area contributed by atoms with Crippen molar-refractivity contribution < 1.29 is 13.2 Å². The smallest absolute Gasteiger partial charge is 0.227 e. The average Bonchev–Trinajstić information content (AvgIpc) is 3.36. The first-order chi connectivity index (χ1) is 13.0. The van der Waals surface area contributed by atoms with Gasteiger partial charge in [-0.1, -0.05) is 0 Å². The summed E-state index contributed by atoms with van der Waals surface area (Å²) in [5.74, 6) is 1.92. The number of hydrogen-bond donors (Lipinski definition) is 0. The van der Waals surface area contributed by atoms with Gasteiger partial charge in [-0.15, -0.1) is 0 Å². The number of imidazole rings is 1. The fraction of sp³-hybridized carbons (Fsp3) is 0.526. The summed E-state index contributed by atoms with van der Waals surface area (Å²) in [7, 11) is -1.59. The molecule has 6 nitrogen and oxygen atoms in total. The lowest BCUT2D eigenvalue weighted by Gasteiger charge is -2.18. The Labute approximate surface area is 164 Å². The van der Waals surface area contributed by atoms with Crippen molar-refractivity contribution in [2.24, 2.45) is 18.9 Å². The van der Waals surface area contributed by atoms with Crippen molar-refractivity contribution in [3.63, 3.8) is 0 Å². The second-order valence-electron chi connectivity index (χ2n) is 7.79. The molecule has 8 heteroatoms. The summed E-state index contributed by atoms with van der Waals surface area (Å²) in [6, 6.07) is 6.42. The maximum absolute atomic E-state index is 12.9. The monoisotopic (exact) mass is 405 g/mol. The minimum Gasteiger partial charge on any atom is -0.493 e. The molecule has 1 saturated carbocycles. The Morgan fingerprint density at radius 2 is 2.00 bits per heavy atom. The van der Waals surface area contributed by atoms with Gasteiger partial charge in [0.25, 0.3) is 0 Å². The van der Waals surface area contributed by atoms with Crippen molar-refractivity contribution in [1.29, 1.82) is 0 Å². The number of ether oxygens (including phenoxy) is 1. The quantitative estimate of drug-likeness (QED) is 0.729. The van der Waals surface area contributed by atoms with Crippen molar-refractivity contribution in [2.45, 2.75) is 34.6 Å². The molecule has 2 aliphatic heterocycles. The Kier molecular flexibility index (Phi) is 4.25. The van der Waals surface area contributed by atoms with E-state index in [2.05, 4.69) is 27.5 Å². The fourth-order valence-electron chi connectivity index (χ4n) is 4.67. The summed E-state index contributed by atoms with van der Waals surface area (Å²) in [6.45, 7) is 2.69. The van der Waals surface area contributed by atoms with Crippen LogP contribution in [-0.4, -0.2) is 47.2 Å². The largest absolute Gasteiger partial charge is 0.493 e. The van der Waals surface area contributed by atoms with Crippen molar-refractivity contribution >= 4 is 21.8 Å². The predicted molar refractivity (Wildman–Crippen MR) is 103 cm³/mol. The Balaban J connectivity index is 1.24. The van der Waals surface area contributed by atoms with E-state index >= 15 is 0 Å². The van der Waals surface area contributed by atoms with Gasteiger partial charge in [-0.3, -0.25) is 0 Å². The number of fused-ring (bicyclic) bond motifs is 2. The van der Waals surface area contributed by atoms with Gasteiger partial charge in [0.1, 0.15) is 5.75 Å². The van der Waals surface area contributed by atoms with Gasteiger partial charge >= 0.3 is 0 Å². The molecule has 1 aromatic carbocycles. The van der Waals surface area contributed by atoms with Crippen LogP contribution in [0.3, 0.4) is 0 Å². The number of nitrogens with zero attached hydrogens (tertiary/aromatic N) is 3. The van der Waals surface area contributed by atoms with Gasteiger partial charge in [-0.25, -0.2) is 17.7 Å². The third kappa shape index (κ3) is 3.07. The van der Waals surface area contributed by atoms with Gasteiger partial charge in [0.05, 0.1) is 11.9 Å². The minimum absolute atomic E-state index is 0.207. The predicted octanol–water partition coefficient (Wildman–Crippen LogP) is 2.55. The van der Waals surface area contributed by atoms with Crippen LogP contribution in [0.5, 0.6) is 5.75 Å². The molecule has 3 atom stereocenters. The first kappa shape index (κ1) is 17.6. The summed E-state index contributed by atoms with van der Waals surface area (Å²) < 4.78 is 35.4. The van der Waals surface area contributed by atoms with Crippen LogP contribution in [0.1, 0.15) is 18.4 Å². The highest BCUT2D eigenvalue weighted by Crippen LogP contribution is 2.45. The Bertz CT molecular complexity index is 958. The topological polar surface area (TPSA) is 64.4 Å². The van der Waals surface area contributed by atoms with Crippen molar-refractivity contribution in [3.05, 3.63) is 36.2 Å². The van der Waals surface area contributed by atoms with Crippen LogP contribution in [0, 0.1) is 11.8 Å². The van der Waals surface area contributed by atoms with Gasteiger partial charge in [0, 0.05) is 43.8 Å². The average molecular weight is 406 g/mol. The van der Waals surface area contributed by atoms with Crippen LogP contribution < -0.4 is 4.74 Å². The second kappa shape index (κ2) is 6.53. The summed E-state index contributed by atoms with van der Waals surface area (Å²) >= 11 is 1.79. The number of benzene rings is 1. The lowest BCUT2D eigenvalue weighted by atomic mass is 10.0. The van der Waals surface area contributed by atoms with E-state index in [1.807, 2.05) is 0 Å². The SMILES string of the molecule is Cn1ccnc1S(=O)(=O)C1C[C@@H]2CN(Sc3ccc4c(c3)CCO4)C[C@@H]2C1. The van der Waals surface area contributed by atoms with E-state index in [0.717, 1.165) is 44.7 Å². The van der Waals surface area contributed by atoms with Crippen LogP contribution in [0.2, 0.25) is 0 Å². The molecule has 0 radical (unpaired) electrons. The summed E-state index contributed by atoms with van der Waals surface area (Å²) in [5, 5.41) is -0.0862. The van der Waals surface area contributed by atoms with Crippen LogP contribution in [0.25, 0.3) is 0 Å². The molecule has 27 heavy (non-hydrogen) atoms. The molecule has 5 rings (SSSR count). The molecule has 1 aliphatic carbocycles. The summed E-state index contributed by atoms with van der Waals surface area (Å²) in [4.78, 5) is 5.32. The van der Waals surface area contributed by atoms with Gasteiger partial charge in [-0.05, 0) is 60.4 Å². The number of hydrogen-bond acceptors (Lipinski definition) is 6. The van der Waals surface area contributed by atoms with E-state index in [-0.39, 0.29) is 10.4 Å². The summed E-state index contributed by atoms with van der Waals surface area (Å²) in [6.07, 6.45) is 5.73. The third-order valence-corrected chi connectivity index (χ3v) is 9.23. The van der Waals surface area contributed by atoms with Crippen LogP contribution in [0.15, 0.2) is 40.6 Å². The molecule has 0 amide bonds. The normalized spacial score (nSPS) is 27.5. The minimum atomic E-state index is -3.34. The molecule has 3 aliphatic rings. The third-order valence-electron chi connectivity index (χ3n) is 6.04. The Morgan fingerprint density at radius 3 is 2.70 bits per heavy atom. The molecule has 1 saturated heterocycles. The van der Waals surface area contributed by atoms with Gasteiger partial charge < -0.3 is 9.30 Å². The van der Waals surface area contributed by atoms with E-state index in [0.29, 0.717) is 11.8 Å². The number of sulfone groups is 1. The van der Waals surface area contributed by atoms with Gasteiger partial charge in [0.15, 0.2) is 0 Å². The van der Waals surface area contributed by atoms with Crippen molar-refractivity contribution in [2.75, 3.05) is 19.7 Å². The zero-order chi connectivity index (χ0) is 18.6. The molecule has 3 heterocycles. The van der Waals surface area contributed by atoms with E-state index in [4.69, 9.17) is 4.74 Å². The Hall–Kier alpha value is -1.51. The number of rotatable bonds is 4. The molecule has 144 valence electrons. The highest BCUT2D eigenvalue weighted by molar-refractivity contribution is 7.97. The molecule has 1 unspecified atom stereocenters. The summed E-state index contributed by atoms with van der Waals surface area (Å²) in [5.41, 5.74) is 1.29. The standard InChI is InChI=1S/C19H23N3O3S2/c1-21-6-5-20-19(21)27(23,24)17-9-14-11-22(12-15(14)10-17)26-16-2-3-18-13(8-16)4-7-25-18/h2-3,5-6,8,14-15,17H,4,7,9-12H2,1H3/t14-,15+,17?. The first-order valence-corrected chi connectivity index (χ1v) is 11.7. The molecule has 1 aromatic heterocycles. The van der Waals surface area contributed by atoms with E-state index in [1.54, 1.807) is 36.0 Å². The molecular formula is C19H23N3O3S2. The molecule has 2 aromatic rings. The molecule has 0 N–H and O–H groups in total. The van der Waals surface area contributed by atoms with Gasteiger partial charge in [0.2, 0.25) is 15.0 Å². The molecular weight excluding hydrogens is 382 g/mol. The highest BCUT2D eigenvalue weighted by Gasteiger charge is 2.47. The molecule has 0 spiro atoms. The van der Waals surface area contributed by atoms with Crippen LogP contribution in [-0.2, 0) is 23.3 Å². The van der Waals surface area contributed by atoms with Gasteiger partial charge in [-0.2, -0.15) is 0 Å². The maximum Gasteiger partial charge on any atom is 0.227 e. The number of aryl methyl sites for hydroxylation is 1. The zero-order valence-corrected chi connectivity index (χ0v) is 16.9. The maximum atomic E-state index is 12.9. The molecule has 0 bridgehead atoms. The van der Waals surface area contributed by atoms with Crippen molar-refractivity contribution in [1.82, 2.24) is 13.9 Å². The lowest BCUT2D eigenvalue weighted by Crippen LogP contribution is -2.24. The second-order valence-corrected chi connectivity index (χ2v) is 11.1. The van der Waals surface area contributed by atoms with E-state index in [1.165, 1.54) is 10.5 Å². The zero-order valence-electron chi connectivity index (χ0n) is 15.2. The van der Waals surface area contributed by atoms with E-state index < -0.39 is 9.84 Å². The lowest BCUT2D eigenvalue weighted by molar-refractivity contribution is 0.356. The number of aromatic nitrogens is 2.